The molecule has 3 rings (SSSR count). The van der Waals surface area contributed by atoms with Crippen LogP contribution in [0.3, 0.4) is 0 Å². The van der Waals surface area contributed by atoms with Gasteiger partial charge in [0.1, 0.15) is 22.8 Å². The average Bonchev–Trinajstić information content (AvgIpc) is 2.71. The normalized spacial score (nSPS) is 21.5. The summed E-state index contributed by atoms with van der Waals surface area (Å²) in [5.41, 5.74) is -0.367. The van der Waals surface area contributed by atoms with Crippen LogP contribution in [0.25, 0.3) is 0 Å². The fourth-order valence-electron chi connectivity index (χ4n) is 3.49. The number of aliphatic hydroxyl groups is 1. The molecule has 2 aliphatic heterocycles. The molecule has 190 valence electrons. The molecule has 0 aromatic carbocycles. The van der Waals surface area contributed by atoms with Crippen molar-refractivity contribution in [3.63, 3.8) is 0 Å². The van der Waals surface area contributed by atoms with Crippen LogP contribution in [-0.4, -0.2) is 94.2 Å². The summed E-state index contributed by atoms with van der Waals surface area (Å²) in [6.07, 6.45) is 1.92. The van der Waals surface area contributed by atoms with Crippen LogP contribution in [0, 0.1) is 5.41 Å². The molecule has 34 heavy (non-hydrogen) atoms. The Morgan fingerprint density at radius 3 is 2.47 bits per heavy atom. The number of allylic oxidation sites excluding steroid dienone is 1. The van der Waals surface area contributed by atoms with Gasteiger partial charge in [-0.3, -0.25) is 5.41 Å². The number of ether oxygens (including phenoxy) is 2. The molecule has 0 saturated carbocycles. The van der Waals surface area contributed by atoms with Crippen LogP contribution in [0.15, 0.2) is 12.0 Å². The Bertz CT molecular complexity index is 1230. The Labute approximate surface area is 199 Å². The number of hydrogen-bond donors (Lipinski definition) is 3. The molecule has 0 bridgehead atoms. The smallest absolute Gasteiger partial charge is 0.303 e. The van der Waals surface area contributed by atoms with Crippen molar-refractivity contribution in [3.05, 3.63) is 23.5 Å². The van der Waals surface area contributed by atoms with Crippen molar-refractivity contribution >= 4 is 31.6 Å². The number of fused-ring (bicyclic) bond motifs is 3. The molecule has 2 atom stereocenters. The largest absolute Gasteiger partial charge is 0.494 e. The van der Waals surface area contributed by atoms with E-state index in [1.54, 1.807) is 0 Å². The first-order valence-electron chi connectivity index (χ1n) is 10.4. The zero-order valence-electron chi connectivity index (χ0n) is 19.9. The first kappa shape index (κ1) is 26.1. The number of morpholine rings is 1. The highest BCUT2D eigenvalue weighted by atomic mass is 32.2. The predicted molar refractivity (Wildman–Crippen MR) is 125 cm³/mol. The molecule has 0 radical (unpaired) electrons. The number of rotatable bonds is 7. The van der Waals surface area contributed by atoms with Gasteiger partial charge in [-0.05, 0) is 20.8 Å². The van der Waals surface area contributed by atoms with E-state index in [9.17, 15) is 21.9 Å². The van der Waals surface area contributed by atoms with Crippen LogP contribution in [0.1, 0.15) is 32.3 Å². The van der Waals surface area contributed by atoms with Crippen molar-refractivity contribution in [2.75, 3.05) is 45.1 Å². The summed E-state index contributed by atoms with van der Waals surface area (Å²) in [6, 6.07) is -0.276. The van der Waals surface area contributed by atoms with Crippen LogP contribution >= 0.6 is 0 Å². The molecule has 3 N–H and O–H groups in total. The second kappa shape index (κ2) is 8.94. The Morgan fingerprint density at radius 1 is 1.24 bits per heavy atom. The number of anilines is 1. The molecule has 13 nitrogen and oxygen atoms in total. The van der Waals surface area contributed by atoms with Gasteiger partial charge in [0, 0.05) is 26.4 Å². The van der Waals surface area contributed by atoms with Crippen LogP contribution in [0.2, 0.25) is 0 Å². The van der Waals surface area contributed by atoms with Crippen LogP contribution in [0.4, 0.5) is 5.82 Å². The minimum atomic E-state index is -4.01. The highest BCUT2D eigenvalue weighted by Crippen LogP contribution is 2.43. The SMILES string of the molecule is C[C@@H]1COCC2COc3c(nc(C(=N)/C=C(/O)NS(=O)(=O)N(C)C)nc3C(C)(C)S(C)(=O)=O)N21. The van der Waals surface area contributed by atoms with E-state index < -0.39 is 36.4 Å². The summed E-state index contributed by atoms with van der Waals surface area (Å²) in [5, 5.41) is 18.5. The Kier molecular flexibility index (Phi) is 6.87. The predicted octanol–water partition coefficient (Wildman–Crippen LogP) is -0.0943. The Balaban J connectivity index is 2.16. The molecular weight excluding hydrogens is 488 g/mol. The molecule has 15 heteroatoms. The fourth-order valence-corrected chi connectivity index (χ4v) is 4.48. The minimum Gasteiger partial charge on any atom is -0.494 e. The van der Waals surface area contributed by atoms with Gasteiger partial charge in [0.25, 0.3) is 0 Å². The molecule has 2 aliphatic rings. The lowest BCUT2D eigenvalue weighted by molar-refractivity contribution is 0.0482. The topological polar surface area (TPSA) is 175 Å². The van der Waals surface area contributed by atoms with Gasteiger partial charge in [-0.2, -0.15) is 12.7 Å². The molecule has 0 spiro atoms. The molecule has 0 aliphatic carbocycles. The van der Waals surface area contributed by atoms with Gasteiger partial charge in [0.2, 0.25) is 5.88 Å². The van der Waals surface area contributed by atoms with Gasteiger partial charge < -0.3 is 19.5 Å². The van der Waals surface area contributed by atoms with Crippen LogP contribution in [-0.2, 0) is 29.5 Å². The van der Waals surface area contributed by atoms with E-state index in [0.29, 0.717) is 19.0 Å². The zero-order valence-corrected chi connectivity index (χ0v) is 21.5. The van der Waals surface area contributed by atoms with Crippen molar-refractivity contribution in [2.45, 2.75) is 37.6 Å². The monoisotopic (exact) mass is 518 g/mol. The van der Waals surface area contributed by atoms with Crippen molar-refractivity contribution in [1.29, 1.82) is 5.41 Å². The van der Waals surface area contributed by atoms with E-state index >= 15 is 0 Å². The number of sulfone groups is 1. The van der Waals surface area contributed by atoms with E-state index in [1.807, 2.05) is 16.5 Å². The zero-order chi connectivity index (χ0) is 25.6. The van der Waals surface area contributed by atoms with E-state index in [0.717, 1.165) is 16.6 Å². The summed E-state index contributed by atoms with van der Waals surface area (Å²) >= 11 is 0. The molecule has 1 fully saturated rings. The summed E-state index contributed by atoms with van der Waals surface area (Å²) in [6.45, 7) is 5.95. The highest BCUT2D eigenvalue weighted by molar-refractivity contribution is 7.91. The minimum absolute atomic E-state index is 0.0682. The van der Waals surface area contributed by atoms with Crippen molar-refractivity contribution < 1.29 is 31.4 Å². The van der Waals surface area contributed by atoms with Crippen LogP contribution in [0.5, 0.6) is 5.75 Å². The average molecular weight is 519 g/mol. The maximum atomic E-state index is 12.6. The van der Waals surface area contributed by atoms with E-state index in [2.05, 4.69) is 9.97 Å². The van der Waals surface area contributed by atoms with E-state index in [-0.39, 0.29) is 36.0 Å². The first-order chi connectivity index (χ1) is 15.6. The second-order valence-electron chi connectivity index (χ2n) is 8.92. The standard InChI is InChI=1S/C19H30N6O7S2/c1-11-8-31-9-12-10-32-15-16(19(2,3)33(6,27)28)21-17(22-18(15)25(11)12)13(20)7-14(26)23-34(29,30)24(4)5/h7,11-12,20,23,26H,8-10H2,1-6H3/b14-7+,20-13?/t11-,12?/m1/s1. The lowest BCUT2D eigenvalue weighted by atomic mass is 10.0. The highest BCUT2D eigenvalue weighted by Gasteiger charge is 2.44. The van der Waals surface area contributed by atoms with Crippen molar-refractivity contribution in [2.24, 2.45) is 0 Å². The van der Waals surface area contributed by atoms with Gasteiger partial charge >= 0.3 is 10.2 Å². The number of aliphatic hydroxyl groups excluding tert-OH is 1. The van der Waals surface area contributed by atoms with Gasteiger partial charge in [0.05, 0.1) is 25.3 Å². The van der Waals surface area contributed by atoms with E-state index in [1.165, 1.54) is 27.9 Å². The second-order valence-corrected chi connectivity index (χ2v) is 13.4. The number of nitrogens with zero attached hydrogens (tertiary/aromatic N) is 4. The molecule has 3 heterocycles. The number of nitrogens with one attached hydrogen (secondary N) is 2. The molecule has 1 unspecified atom stereocenters. The quantitative estimate of drug-likeness (QED) is 0.327. The van der Waals surface area contributed by atoms with Gasteiger partial charge in [0.15, 0.2) is 27.2 Å². The maximum absolute atomic E-state index is 12.6. The number of hydrogen-bond acceptors (Lipinski definition) is 11. The van der Waals surface area contributed by atoms with Gasteiger partial charge in [-0.1, -0.05) is 0 Å². The summed E-state index contributed by atoms with van der Waals surface area (Å²) in [7, 11) is -5.14. The number of aromatic nitrogens is 2. The third kappa shape index (κ3) is 4.82. The summed E-state index contributed by atoms with van der Waals surface area (Å²) in [4.78, 5) is 10.8. The first-order valence-corrected chi connectivity index (χ1v) is 13.7. The molecular formula is C19H30N6O7S2. The van der Waals surface area contributed by atoms with Crippen molar-refractivity contribution in [1.82, 2.24) is 19.0 Å². The lowest BCUT2D eigenvalue weighted by Crippen LogP contribution is -2.56. The fraction of sp³-hybridized carbons (Fsp3) is 0.632. The van der Waals surface area contributed by atoms with E-state index in [4.69, 9.17) is 14.9 Å². The van der Waals surface area contributed by atoms with Crippen molar-refractivity contribution in [3.8, 4) is 5.75 Å². The third-order valence-corrected chi connectivity index (χ3v) is 9.26. The van der Waals surface area contributed by atoms with Gasteiger partial charge in [-0.15, -0.1) is 0 Å². The molecule has 1 aromatic heterocycles. The Morgan fingerprint density at radius 2 is 1.88 bits per heavy atom. The Hall–Kier alpha value is -2.49. The third-order valence-electron chi connectivity index (χ3n) is 5.78. The summed E-state index contributed by atoms with van der Waals surface area (Å²) in [5.74, 6) is -0.504. The molecule has 0 amide bonds. The maximum Gasteiger partial charge on any atom is 0.303 e. The lowest BCUT2D eigenvalue weighted by Gasteiger charge is -2.45. The summed E-state index contributed by atoms with van der Waals surface area (Å²) < 4.78 is 61.9. The molecule has 1 saturated heterocycles. The molecule has 1 aromatic rings. The van der Waals surface area contributed by atoms with Gasteiger partial charge in [-0.25, -0.2) is 23.1 Å². The van der Waals surface area contributed by atoms with Crippen LogP contribution < -0.4 is 14.4 Å².